The van der Waals surface area contributed by atoms with Gasteiger partial charge in [-0.3, -0.25) is 19.6 Å². The van der Waals surface area contributed by atoms with Gasteiger partial charge >= 0.3 is 6.03 Å². The fourth-order valence-corrected chi connectivity index (χ4v) is 6.41. The first-order valence-electron chi connectivity index (χ1n) is 16.3. The number of urea groups is 1. The van der Waals surface area contributed by atoms with Gasteiger partial charge < -0.3 is 10.1 Å². The largest absolute Gasteiger partial charge is 0.378 e. The quantitative estimate of drug-likeness (QED) is 0.279. The van der Waals surface area contributed by atoms with Gasteiger partial charge in [0.2, 0.25) is 0 Å². The van der Waals surface area contributed by atoms with Crippen LogP contribution in [0.4, 0.5) is 10.6 Å². The minimum Gasteiger partial charge on any atom is -0.378 e. The Balaban J connectivity index is 1.05. The number of anilines is 1. The van der Waals surface area contributed by atoms with Crippen LogP contribution >= 0.6 is 0 Å². The second-order valence-corrected chi connectivity index (χ2v) is 13.7. The smallest absolute Gasteiger partial charge is 0.320 e. The molecule has 12 heteroatoms. The summed E-state index contributed by atoms with van der Waals surface area (Å²) in [6, 6.07) is 17.9. The summed E-state index contributed by atoms with van der Waals surface area (Å²) in [7, 11) is 2.09. The molecule has 0 unspecified atom stereocenters. The molecule has 1 fully saturated rings. The molecule has 2 aromatic heterocycles. The highest BCUT2D eigenvalue weighted by molar-refractivity contribution is 5.89. The highest BCUT2D eigenvalue weighted by Crippen LogP contribution is 2.39. The summed E-state index contributed by atoms with van der Waals surface area (Å²) in [6.45, 7) is 11.0. The number of ether oxygens (including phenoxy) is 1. The van der Waals surface area contributed by atoms with E-state index in [2.05, 4.69) is 77.2 Å². The molecule has 0 saturated carbocycles. The molecule has 4 heterocycles. The predicted octanol–water partition coefficient (Wildman–Crippen LogP) is 5.65. The van der Waals surface area contributed by atoms with Crippen LogP contribution in [0.15, 0.2) is 60.8 Å². The van der Waals surface area contributed by atoms with E-state index in [9.17, 15) is 4.79 Å². The Morgan fingerprint density at radius 1 is 1.04 bits per heavy atom. The fourth-order valence-electron chi connectivity index (χ4n) is 6.41. The summed E-state index contributed by atoms with van der Waals surface area (Å²) >= 11 is 0. The van der Waals surface area contributed by atoms with Crippen molar-refractivity contribution in [3.8, 4) is 5.69 Å². The number of aromatic nitrogens is 5. The number of fused-ring (bicyclic) bond motifs is 2. The van der Waals surface area contributed by atoms with Crippen molar-refractivity contribution in [2.24, 2.45) is 0 Å². The Hall–Kier alpha value is -4.52. The second kappa shape index (κ2) is 12.6. The molecule has 12 nitrogen and oxygen atoms in total. The summed E-state index contributed by atoms with van der Waals surface area (Å²) in [5, 5.41) is 21.9. The number of amides is 2. The zero-order valence-corrected chi connectivity index (χ0v) is 27.7. The van der Waals surface area contributed by atoms with Gasteiger partial charge in [0, 0.05) is 30.3 Å². The zero-order valence-electron chi connectivity index (χ0n) is 27.7. The molecule has 0 spiro atoms. The molecule has 0 bridgehead atoms. The number of hydrogen-bond acceptors (Lipinski definition) is 8. The maximum absolute atomic E-state index is 13.5. The normalized spacial score (nSPS) is 21.3. The Morgan fingerprint density at radius 3 is 2.60 bits per heavy atom. The number of nitrogens with zero attached hydrogens (tertiary/aromatic N) is 7. The van der Waals surface area contributed by atoms with E-state index in [0.717, 1.165) is 65.7 Å². The van der Waals surface area contributed by atoms with E-state index in [1.165, 1.54) is 0 Å². The minimum atomic E-state index is -0.277. The van der Waals surface area contributed by atoms with Gasteiger partial charge in [-0.1, -0.05) is 62.7 Å². The average Bonchev–Trinajstić information content (AvgIpc) is 3.67. The highest BCUT2D eigenvalue weighted by Gasteiger charge is 2.33. The third-order valence-corrected chi connectivity index (χ3v) is 9.17. The second-order valence-electron chi connectivity index (χ2n) is 13.7. The van der Waals surface area contributed by atoms with Crippen molar-refractivity contribution in [2.75, 3.05) is 32.1 Å². The first kappa shape index (κ1) is 31.1. The van der Waals surface area contributed by atoms with Crippen molar-refractivity contribution in [2.45, 2.75) is 70.8 Å². The summed E-state index contributed by atoms with van der Waals surface area (Å²) in [4.78, 5) is 22.4. The maximum Gasteiger partial charge on any atom is 0.320 e. The molecule has 7 rings (SSSR count). The maximum atomic E-state index is 13.5. The molecule has 2 N–H and O–H groups in total. The van der Waals surface area contributed by atoms with Gasteiger partial charge in [-0.15, -0.1) is 10.2 Å². The number of aryl methyl sites for hydroxylation is 1. The molecule has 0 radical (unpaired) electrons. The van der Waals surface area contributed by atoms with E-state index in [1.54, 1.807) is 4.68 Å². The highest BCUT2D eigenvalue weighted by atomic mass is 16.7. The first-order chi connectivity index (χ1) is 22.6. The van der Waals surface area contributed by atoms with Crippen LogP contribution in [0, 0.1) is 6.92 Å². The van der Waals surface area contributed by atoms with Crippen LogP contribution in [0.2, 0.25) is 0 Å². The zero-order chi connectivity index (χ0) is 32.7. The third-order valence-electron chi connectivity index (χ3n) is 9.17. The third kappa shape index (κ3) is 6.40. The lowest BCUT2D eigenvalue weighted by Gasteiger charge is -2.36. The molecule has 4 aromatic rings. The molecule has 2 aliphatic heterocycles. The van der Waals surface area contributed by atoms with Crippen molar-refractivity contribution in [1.29, 1.82) is 0 Å². The lowest BCUT2D eigenvalue weighted by Crippen LogP contribution is -2.39. The number of rotatable bonds is 6. The first-order valence-corrected chi connectivity index (χ1v) is 16.3. The SMILES string of the molecule is Cc1ccc(-n2nc(C(C)(C)C)cc2NC(=O)N[C@H]2CC[C@@H](ON3C=Cc4nnc([C@H]5COCCN5C)n4C3)c3ccccc32)cc1. The molecule has 3 atom stereocenters. The lowest BCUT2D eigenvalue weighted by molar-refractivity contribution is -0.191. The fraction of sp³-hybridized carbons (Fsp3) is 0.429. The molecule has 47 heavy (non-hydrogen) atoms. The monoisotopic (exact) mass is 637 g/mol. The molecular weight excluding hydrogens is 594 g/mol. The molecule has 1 aliphatic carbocycles. The predicted molar refractivity (Wildman–Crippen MR) is 178 cm³/mol. The number of hydrogen-bond donors (Lipinski definition) is 2. The van der Waals surface area contributed by atoms with Gasteiger partial charge in [-0.05, 0) is 50.1 Å². The van der Waals surface area contributed by atoms with Crippen LogP contribution in [0.5, 0.6) is 0 Å². The standard InChI is InChI=1S/C35H43N9O3/c1-23-10-12-24(13-11-23)44-32(20-30(40-44)35(2,3)4)37-34(45)36-27-14-15-29(26-9-7-6-8-25(26)27)47-42-17-16-31-38-39-33(43(31)22-42)28-21-46-19-18-41(28)5/h6-13,16-17,20,27-29H,14-15,18-19,21-22H2,1-5H3,(H2,36,37,45)/t27-,28+,29+/m0/s1. The van der Waals surface area contributed by atoms with Gasteiger partial charge in [0.15, 0.2) is 11.6 Å². The van der Waals surface area contributed by atoms with Crippen molar-refractivity contribution in [3.63, 3.8) is 0 Å². The van der Waals surface area contributed by atoms with Crippen LogP contribution in [0.3, 0.4) is 0 Å². The van der Waals surface area contributed by atoms with E-state index in [1.807, 2.05) is 59.8 Å². The molecule has 246 valence electrons. The average molecular weight is 638 g/mol. The topological polar surface area (TPSA) is 115 Å². The Morgan fingerprint density at radius 2 is 1.83 bits per heavy atom. The van der Waals surface area contributed by atoms with E-state index in [0.29, 0.717) is 19.1 Å². The van der Waals surface area contributed by atoms with Crippen LogP contribution in [-0.2, 0) is 21.7 Å². The number of carbonyl (C=O) groups is 1. The Bertz CT molecular complexity index is 1770. The number of likely N-dealkylation sites (N-methyl/N-ethyl adjacent to an activating group) is 1. The summed E-state index contributed by atoms with van der Waals surface area (Å²) in [6.07, 6.45) is 5.14. The van der Waals surface area contributed by atoms with Crippen molar-refractivity contribution < 1.29 is 14.4 Å². The molecule has 3 aliphatic rings. The molecular formula is C35H43N9O3. The van der Waals surface area contributed by atoms with Crippen LogP contribution in [-0.4, -0.2) is 67.3 Å². The van der Waals surface area contributed by atoms with E-state index < -0.39 is 0 Å². The van der Waals surface area contributed by atoms with Gasteiger partial charge in [-0.2, -0.15) is 5.10 Å². The van der Waals surface area contributed by atoms with E-state index in [-0.39, 0.29) is 29.6 Å². The summed E-state index contributed by atoms with van der Waals surface area (Å²) in [5.74, 6) is 2.30. The van der Waals surface area contributed by atoms with Gasteiger partial charge in [0.1, 0.15) is 18.6 Å². The van der Waals surface area contributed by atoms with Gasteiger partial charge in [0.25, 0.3) is 0 Å². The summed E-state index contributed by atoms with van der Waals surface area (Å²) in [5.41, 5.74) is 4.88. The number of nitrogens with one attached hydrogen (secondary N) is 2. The molecule has 2 aromatic carbocycles. The van der Waals surface area contributed by atoms with Gasteiger partial charge in [0.05, 0.1) is 36.7 Å². The number of morpholine rings is 1. The number of hydroxylamine groups is 2. The Labute approximate surface area is 275 Å². The van der Waals surface area contributed by atoms with Gasteiger partial charge in [-0.25, -0.2) is 14.5 Å². The molecule has 1 saturated heterocycles. The Kier molecular flexibility index (Phi) is 8.33. The van der Waals surface area contributed by atoms with Crippen molar-refractivity contribution in [3.05, 3.63) is 94.8 Å². The van der Waals surface area contributed by atoms with Crippen LogP contribution < -0.4 is 10.6 Å². The van der Waals surface area contributed by atoms with Crippen molar-refractivity contribution >= 4 is 17.9 Å². The number of carbonyl (C=O) groups excluding carboxylic acids is 1. The number of benzene rings is 2. The minimum absolute atomic E-state index is 0.0438. The van der Waals surface area contributed by atoms with Crippen LogP contribution in [0.1, 0.15) is 85.8 Å². The lowest BCUT2D eigenvalue weighted by atomic mass is 9.86. The van der Waals surface area contributed by atoms with Crippen LogP contribution in [0.25, 0.3) is 11.8 Å². The van der Waals surface area contributed by atoms with E-state index in [4.69, 9.17) is 14.7 Å². The molecule has 2 amide bonds. The van der Waals surface area contributed by atoms with E-state index >= 15 is 0 Å². The van der Waals surface area contributed by atoms with Crippen molar-refractivity contribution in [1.82, 2.24) is 39.8 Å². The summed E-state index contributed by atoms with van der Waals surface area (Å²) < 4.78 is 9.64.